The molecule has 0 aliphatic carbocycles. The predicted octanol–water partition coefficient (Wildman–Crippen LogP) is 3.87. The first-order chi connectivity index (χ1) is 13.3. The van der Waals surface area contributed by atoms with Gasteiger partial charge in [-0.2, -0.15) is 4.31 Å². The van der Waals surface area contributed by atoms with E-state index in [0.29, 0.717) is 10.2 Å². The van der Waals surface area contributed by atoms with E-state index in [-0.39, 0.29) is 17.2 Å². The Bertz CT molecular complexity index is 1130. The summed E-state index contributed by atoms with van der Waals surface area (Å²) in [7, 11) is -1.16. The maximum absolute atomic E-state index is 12.9. The molecule has 0 spiro atoms. The van der Waals surface area contributed by atoms with Crippen LogP contribution in [0.4, 0.5) is 5.69 Å². The van der Waals surface area contributed by atoms with Gasteiger partial charge < -0.3 is 10.1 Å². The number of amides is 1. The quantitative estimate of drug-likeness (QED) is 0.603. The zero-order valence-corrected chi connectivity index (χ0v) is 17.7. The van der Waals surface area contributed by atoms with Gasteiger partial charge in [-0.3, -0.25) is 4.79 Å². The number of methoxy groups -OCH3 is 1. The lowest BCUT2D eigenvalue weighted by molar-refractivity contribution is -0.116. The van der Waals surface area contributed by atoms with Gasteiger partial charge in [0, 0.05) is 22.6 Å². The van der Waals surface area contributed by atoms with Crippen molar-refractivity contribution >= 4 is 48.3 Å². The molecule has 0 saturated heterocycles. The fourth-order valence-electron chi connectivity index (χ4n) is 2.83. The number of hydrogen-bond acceptors (Lipinski definition) is 4. The SMILES string of the molecule is COc1ccc(Br)cc1S(=O)(=O)N(C)CC(=O)Nc1cccc2ccccc12. The highest BCUT2D eigenvalue weighted by Crippen LogP contribution is 2.29. The summed E-state index contributed by atoms with van der Waals surface area (Å²) < 4.78 is 32.6. The monoisotopic (exact) mass is 462 g/mol. The van der Waals surface area contributed by atoms with Crippen LogP contribution < -0.4 is 10.1 Å². The van der Waals surface area contributed by atoms with Crippen LogP contribution >= 0.6 is 15.9 Å². The minimum Gasteiger partial charge on any atom is -0.495 e. The average Bonchev–Trinajstić information content (AvgIpc) is 2.68. The summed E-state index contributed by atoms with van der Waals surface area (Å²) in [5.41, 5.74) is 0.633. The van der Waals surface area contributed by atoms with Crippen LogP contribution in [-0.2, 0) is 14.8 Å². The van der Waals surface area contributed by atoms with Crippen LogP contribution in [0.5, 0.6) is 5.75 Å². The van der Waals surface area contributed by atoms with Gasteiger partial charge in [0.05, 0.1) is 13.7 Å². The number of hydrogen-bond donors (Lipinski definition) is 1. The molecule has 0 unspecified atom stereocenters. The number of carbonyl (C=O) groups is 1. The lowest BCUT2D eigenvalue weighted by Crippen LogP contribution is -2.35. The van der Waals surface area contributed by atoms with Gasteiger partial charge in [0.15, 0.2) is 0 Å². The molecule has 3 rings (SSSR count). The third-order valence-electron chi connectivity index (χ3n) is 4.24. The van der Waals surface area contributed by atoms with Gasteiger partial charge in [-0.15, -0.1) is 0 Å². The van der Waals surface area contributed by atoms with Crippen molar-refractivity contribution in [3.63, 3.8) is 0 Å². The number of fused-ring (bicyclic) bond motifs is 1. The highest BCUT2D eigenvalue weighted by atomic mass is 79.9. The number of nitrogens with zero attached hydrogens (tertiary/aromatic N) is 1. The summed E-state index contributed by atoms with van der Waals surface area (Å²) in [6.45, 7) is -0.332. The topological polar surface area (TPSA) is 75.7 Å². The van der Waals surface area contributed by atoms with Gasteiger partial charge >= 0.3 is 0 Å². The highest BCUT2D eigenvalue weighted by molar-refractivity contribution is 9.10. The molecular formula is C20H19BrN2O4S. The van der Waals surface area contributed by atoms with Gasteiger partial charge in [-0.05, 0) is 29.7 Å². The smallest absolute Gasteiger partial charge is 0.247 e. The average molecular weight is 463 g/mol. The summed E-state index contributed by atoms with van der Waals surface area (Å²) in [4.78, 5) is 12.5. The molecule has 0 radical (unpaired) electrons. The largest absolute Gasteiger partial charge is 0.495 e. The number of likely N-dealkylation sites (N-methyl/N-ethyl adjacent to an activating group) is 1. The van der Waals surface area contributed by atoms with Gasteiger partial charge in [0.25, 0.3) is 0 Å². The number of sulfonamides is 1. The van der Waals surface area contributed by atoms with Gasteiger partial charge in [0.2, 0.25) is 15.9 Å². The Labute approximate surface area is 172 Å². The Kier molecular flexibility index (Phi) is 6.02. The first-order valence-corrected chi connectivity index (χ1v) is 10.6. The minimum absolute atomic E-state index is 0.00941. The van der Waals surface area contributed by atoms with Crippen LogP contribution in [0.15, 0.2) is 70.0 Å². The lowest BCUT2D eigenvalue weighted by Gasteiger charge is -2.19. The fraction of sp³-hybridized carbons (Fsp3) is 0.150. The van der Waals surface area contributed by atoms with E-state index in [9.17, 15) is 13.2 Å². The number of halogens is 1. The van der Waals surface area contributed by atoms with Crippen molar-refractivity contribution in [3.8, 4) is 5.75 Å². The van der Waals surface area contributed by atoms with Gasteiger partial charge in [-0.25, -0.2) is 8.42 Å². The van der Waals surface area contributed by atoms with Crippen LogP contribution in [0.2, 0.25) is 0 Å². The molecule has 0 atom stereocenters. The third-order valence-corrected chi connectivity index (χ3v) is 6.56. The van der Waals surface area contributed by atoms with Crippen molar-refractivity contribution in [2.75, 3.05) is 26.0 Å². The Balaban J connectivity index is 1.81. The molecule has 0 heterocycles. The van der Waals surface area contributed by atoms with Crippen LogP contribution in [-0.4, -0.2) is 39.3 Å². The summed E-state index contributed by atoms with van der Waals surface area (Å²) in [5.74, 6) is -0.221. The number of carbonyl (C=O) groups excluding carboxylic acids is 1. The van der Waals surface area contributed by atoms with E-state index in [1.165, 1.54) is 20.2 Å². The van der Waals surface area contributed by atoms with Crippen molar-refractivity contribution in [2.45, 2.75) is 4.90 Å². The number of rotatable bonds is 6. The van der Waals surface area contributed by atoms with E-state index in [2.05, 4.69) is 21.2 Å². The van der Waals surface area contributed by atoms with E-state index in [1.807, 2.05) is 36.4 Å². The fourth-order valence-corrected chi connectivity index (χ4v) is 4.65. The van der Waals surface area contributed by atoms with Crippen LogP contribution in [0.1, 0.15) is 0 Å². The number of nitrogens with one attached hydrogen (secondary N) is 1. The van der Waals surface area contributed by atoms with E-state index in [4.69, 9.17) is 4.74 Å². The van der Waals surface area contributed by atoms with Crippen molar-refractivity contribution < 1.29 is 17.9 Å². The molecular weight excluding hydrogens is 444 g/mol. The molecule has 3 aromatic carbocycles. The molecule has 0 aromatic heterocycles. The Hall–Kier alpha value is -2.42. The second-order valence-corrected chi connectivity index (χ2v) is 9.06. The molecule has 3 aromatic rings. The van der Waals surface area contributed by atoms with Crippen LogP contribution in [0, 0.1) is 0 Å². The number of anilines is 1. The summed E-state index contributed by atoms with van der Waals surface area (Å²) in [6.07, 6.45) is 0. The number of benzene rings is 3. The molecule has 0 aliphatic rings. The second kappa shape index (κ2) is 8.30. The van der Waals surface area contributed by atoms with Gasteiger partial charge in [0.1, 0.15) is 10.6 Å². The highest BCUT2D eigenvalue weighted by Gasteiger charge is 2.27. The minimum atomic E-state index is -3.92. The maximum atomic E-state index is 12.9. The van der Waals surface area contributed by atoms with Crippen molar-refractivity contribution in [2.24, 2.45) is 0 Å². The normalized spacial score (nSPS) is 11.6. The standard InChI is InChI=1S/C20H19BrN2O4S/c1-23(28(25,26)19-12-15(21)10-11-18(19)27-2)13-20(24)22-17-9-5-7-14-6-3-4-8-16(14)17/h3-12H,13H2,1-2H3,(H,22,24). The van der Waals surface area contributed by atoms with Crippen LogP contribution in [0.25, 0.3) is 10.8 Å². The van der Waals surface area contributed by atoms with Crippen molar-refractivity contribution in [1.82, 2.24) is 4.31 Å². The number of ether oxygens (including phenoxy) is 1. The van der Waals surface area contributed by atoms with E-state index >= 15 is 0 Å². The molecule has 8 heteroatoms. The zero-order valence-electron chi connectivity index (χ0n) is 15.3. The van der Waals surface area contributed by atoms with E-state index in [0.717, 1.165) is 15.1 Å². The molecule has 146 valence electrons. The molecule has 6 nitrogen and oxygen atoms in total. The Morgan fingerprint density at radius 1 is 1.11 bits per heavy atom. The Morgan fingerprint density at radius 3 is 2.57 bits per heavy atom. The Morgan fingerprint density at radius 2 is 1.82 bits per heavy atom. The predicted molar refractivity (Wildman–Crippen MR) is 113 cm³/mol. The molecule has 0 bridgehead atoms. The van der Waals surface area contributed by atoms with Crippen molar-refractivity contribution in [3.05, 3.63) is 65.1 Å². The first-order valence-electron chi connectivity index (χ1n) is 8.40. The summed E-state index contributed by atoms with van der Waals surface area (Å²) in [5, 5.41) is 4.67. The second-order valence-electron chi connectivity index (χ2n) is 6.13. The third kappa shape index (κ3) is 4.19. The molecule has 1 N–H and O–H groups in total. The first kappa shape index (κ1) is 20.3. The zero-order chi connectivity index (χ0) is 20.3. The molecule has 0 fully saturated rings. The molecule has 28 heavy (non-hydrogen) atoms. The maximum Gasteiger partial charge on any atom is 0.247 e. The molecule has 1 amide bonds. The lowest BCUT2D eigenvalue weighted by atomic mass is 10.1. The van der Waals surface area contributed by atoms with E-state index < -0.39 is 15.9 Å². The summed E-state index contributed by atoms with van der Waals surface area (Å²) in [6, 6.07) is 17.9. The molecule has 0 aliphatic heterocycles. The van der Waals surface area contributed by atoms with E-state index in [1.54, 1.807) is 18.2 Å². The summed E-state index contributed by atoms with van der Waals surface area (Å²) >= 11 is 3.27. The molecule has 0 saturated carbocycles. The van der Waals surface area contributed by atoms with Crippen LogP contribution in [0.3, 0.4) is 0 Å². The van der Waals surface area contributed by atoms with Gasteiger partial charge in [-0.1, -0.05) is 52.3 Å². The van der Waals surface area contributed by atoms with Crippen molar-refractivity contribution in [1.29, 1.82) is 0 Å².